The molecule has 0 fully saturated rings. The molecule has 2 aromatic rings. The fourth-order valence-electron chi connectivity index (χ4n) is 2.99. The molecule has 134 valence electrons. The summed E-state index contributed by atoms with van der Waals surface area (Å²) in [6.45, 7) is 3.23. The van der Waals surface area contributed by atoms with E-state index in [-0.39, 0.29) is 17.9 Å². The van der Waals surface area contributed by atoms with Gasteiger partial charge in [0.05, 0.1) is 12.0 Å². The van der Waals surface area contributed by atoms with Crippen molar-refractivity contribution in [3.05, 3.63) is 20.8 Å². The van der Waals surface area contributed by atoms with Crippen LogP contribution >= 0.6 is 23.1 Å². The zero-order chi connectivity index (χ0) is 18.1. The van der Waals surface area contributed by atoms with Gasteiger partial charge in [0.2, 0.25) is 0 Å². The Labute approximate surface area is 153 Å². The summed E-state index contributed by atoms with van der Waals surface area (Å²) in [7, 11) is 1.63. The van der Waals surface area contributed by atoms with Gasteiger partial charge < -0.3 is 4.74 Å². The Balaban J connectivity index is 2.05. The van der Waals surface area contributed by atoms with E-state index in [0.29, 0.717) is 15.4 Å². The lowest BCUT2D eigenvalue weighted by Crippen LogP contribution is -2.29. The van der Waals surface area contributed by atoms with Crippen LogP contribution in [0.15, 0.2) is 9.95 Å². The predicted molar refractivity (Wildman–Crippen MR) is 98.5 cm³/mol. The molecular formula is C17H20N2O4S2. The molecule has 2 heterocycles. The summed E-state index contributed by atoms with van der Waals surface area (Å²) in [6.07, 6.45) is 4.13. The Morgan fingerprint density at radius 3 is 2.76 bits per heavy atom. The van der Waals surface area contributed by atoms with Crippen molar-refractivity contribution in [1.82, 2.24) is 9.55 Å². The van der Waals surface area contributed by atoms with Crippen LogP contribution in [0.3, 0.4) is 0 Å². The summed E-state index contributed by atoms with van der Waals surface area (Å²) in [4.78, 5) is 43.3. The number of aryl methyl sites for hydroxylation is 2. The molecule has 1 atom stereocenters. The summed E-state index contributed by atoms with van der Waals surface area (Å²) in [5, 5.41) is 0.0523. The van der Waals surface area contributed by atoms with Gasteiger partial charge in [0.25, 0.3) is 5.56 Å². The number of ether oxygens (including phenoxy) is 1. The molecule has 0 saturated carbocycles. The van der Waals surface area contributed by atoms with Crippen molar-refractivity contribution in [3.63, 3.8) is 0 Å². The molecule has 0 spiro atoms. The third kappa shape index (κ3) is 3.37. The van der Waals surface area contributed by atoms with Gasteiger partial charge in [-0.15, -0.1) is 11.3 Å². The number of carbonyl (C=O) groups is 2. The van der Waals surface area contributed by atoms with E-state index < -0.39 is 11.2 Å². The number of rotatable bonds is 5. The number of fused-ring (bicyclic) bond motifs is 3. The summed E-state index contributed by atoms with van der Waals surface area (Å²) in [5.41, 5.74) is 1.02. The van der Waals surface area contributed by atoms with Crippen LogP contribution < -0.4 is 5.56 Å². The maximum Gasteiger partial charge on any atom is 0.327 e. The molecule has 0 aromatic carbocycles. The van der Waals surface area contributed by atoms with E-state index in [1.54, 1.807) is 25.3 Å². The summed E-state index contributed by atoms with van der Waals surface area (Å²) in [6, 6.07) is 0. The summed E-state index contributed by atoms with van der Waals surface area (Å²) >= 11 is 2.53. The molecular weight excluding hydrogens is 360 g/mol. The minimum Gasteiger partial charge on any atom is -0.465 e. The largest absolute Gasteiger partial charge is 0.465 e. The lowest BCUT2D eigenvalue weighted by atomic mass is 9.97. The van der Waals surface area contributed by atoms with E-state index in [0.717, 1.165) is 43.0 Å². The number of hydrogen-bond acceptors (Lipinski definition) is 7. The van der Waals surface area contributed by atoms with E-state index in [9.17, 15) is 14.4 Å². The number of Topliss-reactive ketones (excluding diaryl/α,β-unsaturated/α-hetero) is 1. The highest BCUT2D eigenvalue weighted by molar-refractivity contribution is 8.01. The molecule has 3 rings (SSSR count). The molecule has 8 heteroatoms. The van der Waals surface area contributed by atoms with Gasteiger partial charge in [-0.05, 0) is 45.1 Å². The number of thioether (sulfide) groups is 1. The molecule has 0 radical (unpaired) electrons. The van der Waals surface area contributed by atoms with Crippen LogP contribution in [0.1, 0.15) is 37.1 Å². The van der Waals surface area contributed by atoms with Crippen molar-refractivity contribution >= 4 is 45.1 Å². The van der Waals surface area contributed by atoms with Gasteiger partial charge in [-0.1, -0.05) is 11.8 Å². The third-order valence-corrected chi connectivity index (χ3v) is 6.77. The Hall–Kier alpha value is -1.67. The van der Waals surface area contributed by atoms with Gasteiger partial charge in [0.15, 0.2) is 16.2 Å². The second kappa shape index (κ2) is 7.29. The Bertz CT molecular complexity index is 900. The van der Waals surface area contributed by atoms with Crippen LogP contribution in [-0.4, -0.2) is 33.2 Å². The van der Waals surface area contributed by atoms with Gasteiger partial charge in [0, 0.05) is 11.9 Å². The van der Waals surface area contributed by atoms with Crippen LogP contribution in [0.4, 0.5) is 0 Å². The molecule has 0 aliphatic heterocycles. The van der Waals surface area contributed by atoms with Crippen LogP contribution in [0, 0.1) is 0 Å². The van der Waals surface area contributed by atoms with Gasteiger partial charge in [-0.3, -0.25) is 19.0 Å². The molecule has 25 heavy (non-hydrogen) atoms. The van der Waals surface area contributed by atoms with Crippen LogP contribution in [-0.2, 0) is 34.2 Å². The zero-order valence-electron chi connectivity index (χ0n) is 14.5. The van der Waals surface area contributed by atoms with E-state index >= 15 is 0 Å². The Morgan fingerprint density at radius 1 is 1.36 bits per heavy atom. The highest BCUT2D eigenvalue weighted by Gasteiger charge is 2.29. The number of thiophene rings is 1. The minimum atomic E-state index is -1.01. The predicted octanol–water partition coefficient (Wildman–Crippen LogP) is 2.49. The first-order valence-corrected chi connectivity index (χ1v) is 9.98. The molecule has 6 nitrogen and oxygen atoms in total. The second-order valence-electron chi connectivity index (χ2n) is 6.01. The maximum atomic E-state index is 12.8. The molecule has 0 N–H and O–H groups in total. The fourth-order valence-corrected chi connectivity index (χ4v) is 5.23. The highest BCUT2D eigenvalue weighted by Crippen LogP contribution is 2.35. The molecule has 0 bridgehead atoms. The van der Waals surface area contributed by atoms with E-state index in [2.05, 4.69) is 4.98 Å². The number of aromatic nitrogens is 2. The highest BCUT2D eigenvalue weighted by atomic mass is 32.2. The molecule has 1 unspecified atom stereocenters. The van der Waals surface area contributed by atoms with Crippen molar-refractivity contribution in [2.24, 2.45) is 7.05 Å². The Morgan fingerprint density at radius 2 is 2.08 bits per heavy atom. The first-order chi connectivity index (χ1) is 11.9. The van der Waals surface area contributed by atoms with Crippen molar-refractivity contribution in [2.75, 3.05) is 6.61 Å². The topological polar surface area (TPSA) is 78.3 Å². The molecule has 0 saturated heterocycles. The van der Waals surface area contributed by atoms with Crippen molar-refractivity contribution in [3.8, 4) is 0 Å². The van der Waals surface area contributed by atoms with Gasteiger partial charge in [-0.25, -0.2) is 4.98 Å². The molecule has 2 aromatic heterocycles. The third-order valence-electron chi connectivity index (χ3n) is 4.25. The SMILES string of the molecule is CCOC(=O)C(Sc1nc2sc3c(c2c(=O)n1C)CCCC3)C(C)=O. The fraction of sp³-hybridized carbons (Fsp3) is 0.529. The lowest BCUT2D eigenvalue weighted by Gasteiger charge is -2.14. The monoisotopic (exact) mass is 380 g/mol. The van der Waals surface area contributed by atoms with Crippen molar-refractivity contribution in [2.45, 2.75) is 49.9 Å². The standard InChI is InChI=1S/C17H20N2O4S2/c1-4-23-16(22)13(9(2)20)25-17-18-14-12(15(21)19(17)3)10-7-5-6-8-11(10)24-14/h13H,4-8H2,1-3H3. The van der Waals surface area contributed by atoms with Gasteiger partial charge in [-0.2, -0.15) is 0 Å². The van der Waals surface area contributed by atoms with Crippen LogP contribution in [0.25, 0.3) is 10.2 Å². The van der Waals surface area contributed by atoms with Crippen molar-refractivity contribution < 1.29 is 14.3 Å². The number of carbonyl (C=O) groups excluding carboxylic acids is 2. The number of nitrogens with zero attached hydrogens (tertiary/aromatic N) is 2. The van der Waals surface area contributed by atoms with Gasteiger partial charge >= 0.3 is 5.97 Å². The zero-order valence-corrected chi connectivity index (χ0v) is 16.1. The number of ketones is 1. The van der Waals surface area contributed by atoms with E-state index in [1.807, 2.05) is 0 Å². The second-order valence-corrected chi connectivity index (χ2v) is 8.17. The average molecular weight is 380 g/mol. The van der Waals surface area contributed by atoms with Crippen molar-refractivity contribution in [1.29, 1.82) is 0 Å². The smallest absolute Gasteiger partial charge is 0.327 e. The molecule has 0 amide bonds. The molecule has 1 aliphatic carbocycles. The maximum absolute atomic E-state index is 12.8. The number of hydrogen-bond donors (Lipinski definition) is 0. The molecule has 1 aliphatic rings. The van der Waals surface area contributed by atoms with Crippen LogP contribution in [0.2, 0.25) is 0 Å². The Kier molecular flexibility index (Phi) is 5.29. The minimum absolute atomic E-state index is 0.113. The summed E-state index contributed by atoms with van der Waals surface area (Å²) in [5.74, 6) is -0.914. The van der Waals surface area contributed by atoms with E-state index in [4.69, 9.17) is 4.74 Å². The quantitative estimate of drug-likeness (QED) is 0.343. The number of esters is 1. The van der Waals surface area contributed by atoms with Crippen LogP contribution in [0.5, 0.6) is 0 Å². The normalized spacial score (nSPS) is 15.0. The lowest BCUT2D eigenvalue weighted by molar-refractivity contribution is -0.144. The average Bonchev–Trinajstić information content (AvgIpc) is 2.94. The first kappa shape index (κ1) is 18.1. The first-order valence-electron chi connectivity index (χ1n) is 8.29. The van der Waals surface area contributed by atoms with E-state index in [1.165, 1.54) is 16.4 Å². The summed E-state index contributed by atoms with van der Waals surface area (Å²) < 4.78 is 6.40. The van der Waals surface area contributed by atoms with Gasteiger partial charge in [0.1, 0.15) is 4.83 Å².